The Morgan fingerprint density at radius 1 is 1.43 bits per heavy atom. The summed E-state index contributed by atoms with van der Waals surface area (Å²) in [4.78, 5) is 21.4. The molecule has 0 saturated heterocycles. The van der Waals surface area contributed by atoms with Gasteiger partial charge in [0.1, 0.15) is 11.8 Å². The molecule has 0 aliphatic rings. The summed E-state index contributed by atoms with van der Waals surface area (Å²) in [7, 11) is 0. The number of hydrogen-bond donors (Lipinski definition) is 3. The van der Waals surface area contributed by atoms with E-state index in [9.17, 15) is 9.59 Å². The molecule has 0 aliphatic heterocycles. The monoisotopic (exact) mass is 203 g/mol. The molecule has 0 amide bonds. The zero-order valence-electron chi connectivity index (χ0n) is 8.27. The van der Waals surface area contributed by atoms with Crippen molar-refractivity contribution < 1.29 is 19.8 Å². The van der Waals surface area contributed by atoms with E-state index in [1.54, 1.807) is 6.92 Å². The van der Waals surface area contributed by atoms with Crippen molar-refractivity contribution in [2.24, 2.45) is 5.73 Å². The summed E-state index contributed by atoms with van der Waals surface area (Å²) in [6.07, 6.45) is 0.532. The fourth-order valence-electron chi connectivity index (χ4n) is 1.07. The minimum atomic E-state index is -1.05. The van der Waals surface area contributed by atoms with Crippen molar-refractivity contribution in [2.75, 3.05) is 0 Å². The van der Waals surface area contributed by atoms with Crippen LogP contribution in [-0.2, 0) is 9.59 Å². The van der Waals surface area contributed by atoms with E-state index in [4.69, 9.17) is 15.9 Å². The van der Waals surface area contributed by atoms with Crippen molar-refractivity contribution in [1.29, 1.82) is 0 Å². The lowest BCUT2D eigenvalue weighted by molar-refractivity contribution is -0.138. The number of aliphatic hydroxyl groups is 1. The van der Waals surface area contributed by atoms with Gasteiger partial charge >= 0.3 is 5.97 Å². The Balaban J connectivity index is 3.54. The molecule has 2 atom stereocenters. The molecule has 0 fully saturated rings. The van der Waals surface area contributed by atoms with Crippen molar-refractivity contribution in [3.63, 3.8) is 0 Å². The van der Waals surface area contributed by atoms with Gasteiger partial charge in [0.2, 0.25) is 0 Å². The van der Waals surface area contributed by atoms with Gasteiger partial charge in [-0.3, -0.25) is 9.59 Å². The SMILES string of the molecule is CC(O)CC(=O)CCCC(N)C(=O)O. The number of hydrogen-bond acceptors (Lipinski definition) is 4. The molecule has 0 rings (SSSR count). The molecule has 0 saturated carbocycles. The summed E-state index contributed by atoms with van der Waals surface area (Å²) in [6.45, 7) is 1.54. The Hall–Kier alpha value is -0.940. The van der Waals surface area contributed by atoms with E-state index < -0.39 is 18.1 Å². The van der Waals surface area contributed by atoms with Gasteiger partial charge < -0.3 is 15.9 Å². The second-order valence-electron chi connectivity index (χ2n) is 3.43. The van der Waals surface area contributed by atoms with Gasteiger partial charge in [-0.1, -0.05) is 0 Å². The Labute approximate surface area is 82.9 Å². The Morgan fingerprint density at radius 2 is 2.00 bits per heavy atom. The lowest BCUT2D eigenvalue weighted by atomic mass is 10.1. The highest BCUT2D eigenvalue weighted by Crippen LogP contribution is 2.03. The predicted molar refractivity (Wildman–Crippen MR) is 50.8 cm³/mol. The van der Waals surface area contributed by atoms with Crippen molar-refractivity contribution in [1.82, 2.24) is 0 Å². The fraction of sp³-hybridized carbons (Fsp3) is 0.778. The van der Waals surface area contributed by atoms with Gasteiger partial charge in [0.15, 0.2) is 0 Å². The predicted octanol–water partition coefficient (Wildman–Crippen LogP) is -0.0914. The average molecular weight is 203 g/mol. The molecular formula is C9H17NO4. The van der Waals surface area contributed by atoms with Crippen LogP contribution in [0.3, 0.4) is 0 Å². The van der Waals surface area contributed by atoms with Crippen LogP contribution in [0.4, 0.5) is 0 Å². The van der Waals surface area contributed by atoms with Crippen LogP contribution in [0.1, 0.15) is 32.6 Å². The highest BCUT2D eigenvalue weighted by atomic mass is 16.4. The molecule has 4 N–H and O–H groups in total. The highest BCUT2D eigenvalue weighted by molar-refractivity contribution is 5.79. The largest absolute Gasteiger partial charge is 0.480 e. The van der Waals surface area contributed by atoms with Crippen LogP contribution < -0.4 is 5.73 Å². The molecule has 0 heterocycles. The molecule has 14 heavy (non-hydrogen) atoms. The molecular weight excluding hydrogens is 186 g/mol. The molecule has 0 radical (unpaired) electrons. The number of carboxylic acid groups (broad SMARTS) is 1. The Bertz CT molecular complexity index is 203. The number of aliphatic hydroxyl groups excluding tert-OH is 1. The standard InChI is InChI=1S/C9H17NO4/c1-6(11)5-7(12)3-2-4-8(10)9(13)14/h6,8,11H,2-5,10H2,1H3,(H,13,14). The van der Waals surface area contributed by atoms with Crippen LogP contribution in [0.25, 0.3) is 0 Å². The zero-order valence-corrected chi connectivity index (χ0v) is 8.27. The van der Waals surface area contributed by atoms with Crippen molar-refractivity contribution in [3.05, 3.63) is 0 Å². The van der Waals surface area contributed by atoms with Crippen LogP contribution in [0.5, 0.6) is 0 Å². The van der Waals surface area contributed by atoms with Gasteiger partial charge in [-0.25, -0.2) is 0 Å². The number of carbonyl (C=O) groups excluding carboxylic acids is 1. The third kappa shape index (κ3) is 6.56. The number of rotatable bonds is 7. The molecule has 0 spiro atoms. The zero-order chi connectivity index (χ0) is 11.1. The first-order valence-corrected chi connectivity index (χ1v) is 4.61. The smallest absolute Gasteiger partial charge is 0.320 e. The molecule has 2 unspecified atom stereocenters. The van der Waals surface area contributed by atoms with E-state index in [0.717, 1.165) is 0 Å². The average Bonchev–Trinajstić information content (AvgIpc) is 2.02. The summed E-state index contributed by atoms with van der Waals surface area (Å²) in [5.74, 6) is -1.11. The first-order chi connectivity index (χ1) is 6.43. The number of aliphatic carboxylic acids is 1. The van der Waals surface area contributed by atoms with E-state index in [1.165, 1.54) is 0 Å². The maximum atomic E-state index is 11.1. The third-order valence-electron chi connectivity index (χ3n) is 1.81. The summed E-state index contributed by atoms with van der Waals surface area (Å²) >= 11 is 0. The van der Waals surface area contributed by atoms with Crippen LogP contribution in [0.2, 0.25) is 0 Å². The first kappa shape index (κ1) is 13.1. The van der Waals surface area contributed by atoms with Crippen LogP contribution in [0, 0.1) is 0 Å². The first-order valence-electron chi connectivity index (χ1n) is 4.61. The molecule has 0 aromatic heterocycles. The van der Waals surface area contributed by atoms with Crippen molar-refractivity contribution in [3.8, 4) is 0 Å². The van der Waals surface area contributed by atoms with E-state index >= 15 is 0 Å². The fourth-order valence-corrected chi connectivity index (χ4v) is 1.07. The second kappa shape index (κ2) is 6.50. The quantitative estimate of drug-likeness (QED) is 0.536. The topological polar surface area (TPSA) is 101 Å². The van der Waals surface area contributed by atoms with Crippen LogP contribution in [-0.4, -0.2) is 34.1 Å². The van der Waals surface area contributed by atoms with Gasteiger partial charge in [-0.05, 0) is 19.8 Å². The minimum Gasteiger partial charge on any atom is -0.480 e. The van der Waals surface area contributed by atoms with Crippen molar-refractivity contribution >= 4 is 11.8 Å². The summed E-state index contributed by atoms with van der Waals surface area (Å²) in [6, 6.07) is -0.894. The van der Waals surface area contributed by atoms with E-state index in [2.05, 4.69) is 0 Å². The summed E-state index contributed by atoms with van der Waals surface area (Å²) in [5, 5.41) is 17.3. The normalized spacial score (nSPS) is 14.8. The van der Waals surface area contributed by atoms with E-state index in [0.29, 0.717) is 12.8 Å². The number of carboxylic acids is 1. The molecule has 0 aliphatic carbocycles. The van der Waals surface area contributed by atoms with Gasteiger partial charge in [0, 0.05) is 12.8 Å². The van der Waals surface area contributed by atoms with Crippen LogP contribution >= 0.6 is 0 Å². The van der Waals surface area contributed by atoms with E-state index in [-0.39, 0.29) is 18.6 Å². The lowest BCUT2D eigenvalue weighted by Crippen LogP contribution is -2.29. The molecule has 5 nitrogen and oxygen atoms in total. The number of Topliss-reactive ketones (excluding diaryl/α,β-unsaturated/α-hetero) is 1. The number of ketones is 1. The maximum Gasteiger partial charge on any atom is 0.320 e. The van der Waals surface area contributed by atoms with Gasteiger partial charge in [-0.15, -0.1) is 0 Å². The minimum absolute atomic E-state index is 0.0578. The highest BCUT2D eigenvalue weighted by Gasteiger charge is 2.12. The van der Waals surface area contributed by atoms with Gasteiger partial charge in [-0.2, -0.15) is 0 Å². The summed E-state index contributed by atoms with van der Waals surface area (Å²) < 4.78 is 0. The maximum absolute atomic E-state index is 11.1. The van der Waals surface area contributed by atoms with Gasteiger partial charge in [0.25, 0.3) is 0 Å². The molecule has 0 bridgehead atoms. The summed E-state index contributed by atoms with van der Waals surface area (Å²) in [5.41, 5.74) is 5.24. The molecule has 5 heteroatoms. The second-order valence-corrected chi connectivity index (χ2v) is 3.43. The van der Waals surface area contributed by atoms with Gasteiger partial charge in [0.05, 0.1) is 6.10 Å². The Kier molecular flexibility index (Phi) is 6.07. The molecule has 0 aromatic rings. The third-order valence-corrected chi connectivity index (χ3v) is 1.81. The lowest BCUT2D eigenvalue weighted by Gasteiger charge is -2.06. The number of nitrogens with two attached hydrogens (primary N) is 1. The number of carbonyl (C=O) groups is 2. The van der Waals surface area contributed by atoms with Crippen molar-refractivity contribution in [2.45, 2.75) is 44.8 Å². The van der Waals surface area contributed by atoms with Crippen LogP contribution in [0.15, 0.2) is 0 Å². The Morgan fingerprint density at radius 3 is 2.43 bits per heavy atom. The molecule has 82 valence electrons. The molecule has 0 aromatic carbocycles. The van der Waals surface area contributed by atoms with E-state index in [1.807, 2.05) is 0 Å².